The van der Waals surface area contributed by atoms with Gasteiger partial charge in [0, 0.05) is 15.6 Å². The molecule has 8 heteroatoms. The summed E-state index contributed by atoms with van der Waals surface area (Å²) in [5, 5.41) is 6.44. The molecule has 0 saturated heterocycles. The van der Waals surface area contributed by atoms with Crippen LogP contribution >= 0.6 is 15.9 Å². The van der Waals surface area contributed by atoms with Crippen LogP contribution in [0, 0.1) is 13.8 Å². The van der Waals surface area contributed by atoms with E-state index in [1.807, 2.05) is 38.1 Å². The number of nitrogens with zero attached hydrogens (tertiary/aromatic N) is 1. The summed E-state index contributed by atoms with van der Waals surface area (Å²) in [6.07, 6.45) is 1.36. The van der Waals surface area contributed by atoms with Gasteiger partial charge in [-0.3, -0.25) is 9.59 Å². The maximum Gasteiger partial charge on any atom is 0.343 e. The van der Waals surface area contributed by atoms with Gasteiger partial charge in [0.15, 0.2) is 0 Å². The number of amides is 2. The molecule has 0 radical (unpaired) electrons. The summed E-state index contributed by atoms with van der Waals surface area (Å²) in [4.78, 5) is 36.6. The van der Waals surface area contributed by atoms with Crippen LogP contribution in [-0.2, 0) is 4.79 Å². The molecule has 2 amide bonds. The first kappa shape index (κ1) is 23.9. The van der Waals surface area contributed by atoms with Crippen LogP contribution in [0.25, 0.3) is 0 Å². The number of ether oxygens (including phenoxy) is 1. The summed E-state index contributed by atoms with van der Waals surface area (Å²) >= 11 is 3.37. The first-order valence-corrected chi connectivity index (χ1v) is 10.9. The van der Waals surface area contributed by atoms with E-state index >= 15 is 0 Å². The molecule has 7 nitrogen and oxygen atoms in total. The standard InChI is InChI=1S/C25H22BrN3O4/c1-16-3-7-18(8-4-16)24(31)27-15-23(30)29-28-14-20-13-21(26)11-12-22(20)33-25(32)19-9-5-17(2)6-10-19/h3-14H,15H2,1-2H3,(H,27,31)(H,29,30)/b28-14-. The van der Waals surface area contributed by atoms with Gasteiger partial charge >= 0.3 is 5.97 Å². The lowest BCUT2D eigenvalue weighted by Gasteiger charge is -2.08. The summed E-state index contributed by atoms with van der Waals surface area (Å²) in [5.41, 5.74) is 5.78. The Labute approximate surface area is 200 Å². The molecule has 0 aromatic heterocycles. The normalized spacial score (nSPS) is 10.6. The fourth-order valence-corrected chi connectivity index (χ4v) is 3.12. The summed E-state index contributed by atoms with van der Waals surface area (Å²) in [6, 6.07) is 19.1. The van der Waals surface area contributed by atoms with Gasteiger partial charge in [-0.05, 0) is 56.3 Å². The number of esters is 1. The highest BCUT2D eigenvalue weighted by Gasteiger charge is 2.12. The van der Waals surface area contributed by atoms with Crippen molar-refractivity contribution in [3.8, 4) is 5.75 Å². The van der Waals surface area contributed by atoms with E-state index in [9.17, 15) is 14.4 Å². The lowest BCUT2D eigenvalue weighted by Crippen LogP contribution is -2.34. The Morgan fingerprint density at radius 2 is 1.52 bits per heavy atom. The minimum absolute atomic E-state index is 0.238. The summed E-state index contributed by atoms with van der Waals surface area (Å²) in [5.74, 6) is -1.07. The van der Waals surface area contributed by atoms with Crippen molar-refractivity contribution in [2.45, 2.75) is 13.8 Å². The molecule has 0 atom stereocenters. The number of carbonyl (C=O) groups excluding carboxylic acids is 3. The topological polar surface area (TPSA) is 96.9 Å². The molecule has 0 aliphatic rings. The Kier molecular flexibility index (Phi) is 8.10. The van der Waals surface area contributed by atoms with Gasteiger partial charge in [0.05, 0.1) is 18.3 Å². The van der Waals surface area contributed by atoms with Crippen LogP contribution < -0.4 is 15.5 Å². The number of carbonyl (C=O) groups is 3. The van der Waals surface area contributed by atoms with Gasteiger partial charge < -0.3 is 10.1 Å². The van der Waals surface area contributed by atoms with Crippen molar-refractivity contribution in [3.05, 3.63) is 99.0 Å². The van der Waals surface area contributed by atoms with Crippen molar-refractivity contribution in [3.63, 3.8) is 0 Å². The first-order valence-electron chi connectivity index (χ1n) is 10.1. The average Bonchev–Trinajstić information content (AvgIpc) is 2.80. The molecule has 0 heterocycles. The molecule has 0 saturated carbocycles. The highest BCUT2D eigenvalue weighted by atomic mass is 79.9. The molecule has 33 heavy (non-hydrogen) atoms. The number of nitrogens with one attached hydrogen (secondary N) is 2. The Hall–Kier alpha value is -3.78. The summed E-state index contributed by atoms with van der Waals surface area (Å²) < 4.78 is 6.25. The van der Waals surface area contributed by atoms with Crippen LogP contribution in [0.3, 0.4) is 0 Å². The Balaban J connectivity index is 1.58. The van der Waals surface area contributed by atoms with Gasteiger partial charge in [0.2, 0.25) is 0 Å². The molecule has 0 aliphatic heterocycles. The largest absolute Gasteiger partial charge is 0.422 e. The minimum Gasteiger partial charge on any atom is -0.422 e. The number of hydrogen-bond donors (Lipinski definition) is 2. The fraction of sp³-hybridized carbons (Fsp3) is 0.120. The zero-order valence-electron chi connectivity index (χ0n) is 18.1. The first-order chi connectivity index (χ1) is 15.8. The quantitative estimate of drug-likeness (QED) is 0.217. The Bertz CT molecular complexity index is 1190. The SMILES string of the molecule is Cc1ccc(C(=O)NCC(=O)N/N=C\c2cc(Br)ccc2OC(=O)c2ccc(C)cc2)cc1. The minimum atomic E-state index is -0.505. The second kappa shape index (κ2) is 11.2. The molecule has 3 rings (SSSR count). The van der Waals surface area contributed by atoms with E-state index < -0.39 is 11.9 Å². The number of rotatable bonds is 7. The molecule has 0 aliphatic carbocycles. The van der Waals surface area contributed by atoms with Crippen LogP contribution in [0.5, 0.6) is 5.75 Å². The number of hydrazone groups is 1. The molecule has 0 bridgehead atoms. The Morgan fingerprint density at radius 3 is 2.15 bits per heavy atom. The zero-order valence-corrected chi connectivity index (χ0v) is 19.7. The molecule has 0 fully saturated rings. The second-order valence-corrected chi connectivity index (χ2v) is 8.20. The Morgan fingerprint density at radius 1 is 0.909 bits per heavy atom. The smallest absolute Gasteiger partial charge is 0.343 e. The molecule has 168 valence electrons. The van der Waals surface area contributed by atoms with E-state index in [1.54, 1.807) is 42.5 Å². The van der Waals surface area contributed by atoms with E-state index in [4.69, 9.17) is 4.74 Å². The van der Waals surface area contributed by atoms with E-state index in [-0.39, 0.29) is 18.2 Å². The van der Waals surface area contributed by atoms with Crippen LogP contribution in [0.4, 0.5) is 0 Å². The number of halogens is 1. The lowest BCUT2D eigenvalue weighted by atomic mass is 10.1. The monoisotopic (exact) mass is 507 g/mol. The number of hydrogen-bond acceptors (Lipinski definition) is 5. The van der Waals surface area contributed by atoms with Crippen LogP contribution in [0.15, 0.2) is 76.3 Å². The highest BCUT2D eigenvalue weighted by Crippen LogP contribution is 2.23. The fourth-order valence-electron chi connectivity index (χ4n) is 2.74. The van der Waals surface area contributed by atoms with Crippen LogP contribution in [-0.4, -0.2) is 30.5 Å². The molecular formula is C25H22BrN3O4. The average molecular weight is 508 g/mol. The van der Waals surface area contributed by atoms with E-state index in [1.165, 1.54) is 6.21 Å². The van der Waals surface area contributed by atoms with Gasteiger partial charge in [-0.25, -0.2) is 10.2 Å². The van der Waals surface area contributed by atoms with Gasteiger partial charge in [-0.2, -0.15) is 5.10 Å². The molecule has 0 unspecified atom stereocenters. The lowest BCUT2D eigenvalue weighted by molar-refractivity contribution is -0.120. The molecule has 3 aromatic carbocycles. The van der Waals surface area contributed by atoms with Gasteiger partial charge in [0.1, 0.15) is 5.75 Å². The van der Waals surface area contributed by atoms with Crippen LogP contribution in [0.2, 0.25) is 0 Å². The second-order valence-electron chi connectivity index (χ2n) is 7.28. The van der Waals surface area contributed by atoms with Crippen molar-refractivity contribution < 1.29 is 19.1 Å². The maximum absolute atomic E-state index is 12.4. The predicted octanol–water partition coefficient (Wildman–Crippen LogP) is 4.17. The third kappa shape index (κ3) is 7.11. The van der Waals surface area contributed by atoms with Crippen molar-refractivity contribution in [1.82, 2.24) is 10.7 Å². The van der Waals surface area contributed by atoms with Gasteiger partial charge in [-0.1, -0.05) is 51.3 Å². The molecule has 3 aromatic rings. The van der Waals surface area contributed by atoms with Crippen LogP contribution in [0.1, 0.15) is 37.4 Å². The summed E-state index contributed by atoms with van der Waals surface area (Å²) in [7, 11) is 0. The highest BCUT2D eigenvalue weighted by molar-refractivity contribution is 9.10. The molecular weight excluding hydrogens is 486 g/mol. The van der Waals surface area contributed by atoms with Crippen molar-refractivity contribution >= 4 is 39.9 Å². The zero-order chi connectivity index (χ0) is 23.8. The number of aryl methyl sites for hydroxylation is 2. The molecule has 2 N–H and O–H groups in total. The summed E-state index contributed by atoms with van der Waals surface area (Å²) in [6.45, 7) is 3.62. The third-order valence-corrected chi connectivity index (χ3v) is 5.07. The number of benzene rings is 3. The van der Waals surface area contributed by atoms with E-state index in [2.05, 4.69) is 31.8 Å². The van der Waals surface area contributed by atoms with Crippen molar-refractivity contribution in [2.75, 3.05) is 6.54 Å². The molecule has 0 spiro atoms. The van der Waals surface area contributed by atoms with E-state index in [0.717, 1.165) is 15.6 Å². The third-order valence-electron chi connectivity index (χ3n) is 4.58. The maximum atomic E-state index is 12.4. The van der Waals surface area contributed by atoms with Crippen molar-refractivity contribution in [1.29, 1.82) is 0 Å². The van der Waals surface area contributed by atoms with Gasteiger partial charge in [-0.15, -0.1) is 0 Å². The van der Waals surface area contributed by atoms with E-state index in [0.29, 0.717) is 16.7 Å². The van der Waals surface area contributed by atoms with Crippen molar-refractivity contribution in [2.24, 2.45) is 5.10 Å². The predicted molar refractivity (Wildman–Crippen MR) is 130 cm³/mol. The van der Waals surface area contributed by atoms with Gasteiger partial charge in [0.25, 0.3) is 11.8 Å².